The Bertz CT molecular complexity index is 1250. The molecule has 0 heterocycles. The lowest BCUT2D eigenvalue weighted by Crippen LogP contribution is -2.30. The van der Waals surface area contributed by atoms with Crippen LogP contribution in [0.25, 0.3) is 0 Å². The van der Waals surface area contributed by atoms with Gasteiger partial charge in [0, 0.05) is 19.3 Å². The number of allylic oxidation sites excluding steroid dienone is 8. The van der Waals surface area contributed by atoms with Crippen LogP contribution in [0, 0.1) is 0 Å². The Morgan fingerprint density at radius 3 is 0.847 bits per heavy atom. The molecule has 0 N–H and O–H groups in total. The lowest BCUT2D eigenvalue weighted by Gasteiger charge is -2.18. The highest BCUT2D eigenvalue weighted by Crippen LogP contribution is 2.18. The third kappa shape index (κ3) is 58.3. The molecule has 6 heteroatoms. The molecule has 6 nitrogen and oxygen atoms in total. The van der Waals surface area contributed by atoms with Crippen LogP contribution < -0.4 is 0 Å². The van der Waals surface area contributed by atoms with Crippen LogP contribution in [0.5, 0.6) is 0 Å². The van der Waals surface area contributed by atoms with Gasteiger partial charge in [-0.05, 0) is 57.8 Å². The van der Waals surface area contributed by atoms with Crippen LogP contribution in [0.3, 0.4) is 0 Å². The molecule has 0 aliphatic heterocycles. The average molecular weight is 1010 g/mol. The van der Waals surface area contributed by atoms with Crippen LogP contribution in [0.2, 0.25) is 0 Å². The van der Waals surface area contributed by atoms with Gasteiger partial charge in [-0.2, -0.15) is 0 Å². The summed E-state index contributed by atoms with van der Waals surface area (Å²) in [6.45, 7) is 6.51. The first kappa shape index (κ1) is 69.4. The zero-order chi connectivity index (χ0) is 52.2. The molecule has 0 aromatic carbocycles. The largest absolute Gasteiger partial charge is 0.462 e. The number of carbonyl (C=O) groups excluding carboxylic acids is 3. The number of hydrogen-bond donors (Lipinski definition) is 0. The Morgan fingerprint density at radius 1 is 0.292 bits per heavy atom. The second-order valence-electron chi connectivity index (χ2n) is 21.3. The summed E-state index contributed by atoms with van der Waals surface area (Å²) in [5.74, 6) is -0.915. The van der Waals surface area contributed by atoms with Crippen LogP contribution in [0.1, 0.15) is 335 Å². The molecule has 1 unspecified atom stereocenters. The van der Waals surface area contributed by atoms with Crippen molar-refractivity contribution in [1.29, 1.82) is 0 Å². The Morgan fingerprint density at radius 2 is 0.542 bits per heavy atom. The molecular formula is C66H120O6. The highest BCUT2D eigenvalue weighted by molar-refractivity contribution is 5.71. The molecule has 420 valence electrons. The second-order valence-corrected chi connectivity index (χ2v) is 21.3. The summed E-state index contributed by atoms with van der Waals surface area (Å²) in [7, 11) is 0. The lowest BCUT2D eigenvalue weighted by molar-refractivity contribution is -0.167. The topological polar surface area (TPSA) is 78.9 Å². The zero-order valence-electron chi connectivity index (χ0n) is 48.2. The van der Waals surface area contributed by atoms with E-state index in [1.807, 2.05) is 0 Å². The van der Waals surface area contributed by atoms with Crippen LogP contribution in [0.4, 0.5) is 0 Å². The van der Waals surface area contributed by atoms with Gasteiger partial charge in [-0.15, -0.1) is 0 Å². The van der Waals surface area contributed by atoms with Crippen molar-refractivity contribution in [3.05, 3.63) is 48.6 Å². The molecule has 72 heavy (non-hydrogen) atoms. The van der Waals surface area contributed by atoms with Crippen molar-refractivity contribution < 1.29 is 28.6 Å². The van der Waals surface area contributed by atoms with Crippen molar-refractivity contribution in [1.82, 2.24) is 0 Å². The van der Waals surface area contributed by atoms with Gasteiger partial charge in [-0.25, -0.2) is 0 Å². The van der Waals surface area contributed by atoms with Gasteiger partial charge < -0.3 is 14.2 Å². The molecule has 0 spiro atoms. The Hall–Kier alpha value is -2.63. The second kappa shape index (κ2) is 60.9. The summed E-state index contributed by atoms with van der Waals surface area (Å²) in [5.41, 5.74) is 0. The van der Waals surface area contributed by atoms with Crippen molar-refractivity contribution in [3.8, 4) is 0 Å². The fourth-order valence-corrected chi connectivity index (χ4v) is 9.38. The summed E-state index contributed by atoms with van der Waals surface area (Å²) < 4.78 is 16.8. The normalized spacial score (nSPS) is 12.3. The van der Waals surface area contributed by atoms with Crippen LogP contribution in [-0.2, 0) is 28.6 Å². The van der Waals surface area contributed by atoms with E-state index in [9.17, 15) is 14.4 Å². The van der Waals surface area contributed by atoms with E-state index in [-0.39, 0.29) is 37.5 Å². The predicted molar refractivity (Wildman–Crippen MR) is 312 cm³/mol. The van der Waals surface area contributed by atoms with E-state index >= 15 is 0 Å². The van der Waals surface area contributed by atoms with Gasteiger partial charge in [-0.1, -0.05) is 307 Å². The molecule has 0 fully saturated rings. The van der Waals surface area contributed by atoms with Gasteiger partial charge in [0.05, 0.1) is 0 Å². The molecule has 0 saturated heterocycles. The molecule has 0 amide bonds. The number of carbonyl (C=O) groups is 3. The molecule has 1 atom stereocenters. The lowest BCUT2D eigenvalue weighted by atomic mass is 10.0. The van der Waals surface area contributed by atoms with Crippen LogP contribution >= 0.6 is 0 Å². The highest BCUT2D eigenvalue weighted by atomic mass is 16.6. The van der Waals surface area contributed by atoms with E-state index in [1.165, 1.54) is 212 Å². The third-order valence-corrected chi connectivity index (χ3v) is 14.1. The van der Waals surface area contributed by atoms with E-state index in [2.05, 4.69) is 69.4 Å². The molecule has 0 aromatic heterocycles. The third-order valence-electron chi connectivity index (χ3n) is 14.1. The van der Waals surface area contributed by atoms with E-state index in [0.717, 1.165) is 77.0 Å². The SMILES string of the molecule is CC/C=C\C/C=C\C/C=C\C/C=C\CCCCC(=O)OC(COC(=O)CCCCCCCCCCC)COC(=O)CCCCCCCCCCCCCCCCCCCCCCCCCCCCCCCC. The minimum atomic E-state index is -0.790. The molecule has 0 saturated carbocycles. The van der Waals surface area contributed by atoms with Gasteiger partial charge in [-0.3, -0.25) is 14.4 Å². The van der Waals surface area contributed by atoms with E-state index in [4.69, 9.17) is 14.2 Å². The van der Waals surface area contributed by atoms with Gasteiger partial charge in [0.2, 0.25) is 0 Å². The van der Waals surface area contributed by atoms with Crippen molar-refractivity contribution in [2.24, 2.45) is 0 Å². The maximum Gasteiger partial charge on any atom is 0.306 e. The van der Waals surface area contributed by atoms with E-state index in [1.54, 1.807) is 0 Å². The molecule has 0 rings (SSSR count). The molecule has 0 aliphatic carbocycles. The van der Waals surface area contributed by atoms with Gasteiger partial charge in [0.25, 0.3) is 0 Å². The molecule has 0 bridgehead atoms. The summed E-state index contributed by atoms with van der Waals surface area (Å²) in [6, 6.07) is 0. The summed E-state index contributed by atoms with van der Waals surface area (Å²) in [6.07, 6.45) is 75.9. The molecule has 0 aliphatic rings. The number of hydrogen-bond acceptors (Lipinski definition) is 6. The minimum Gasteiger partial charge on any atom is -0.462 e. The fraction of sp³-hybridized carbons (Fsp3) is 0.833. The quantitative estimate of drug-likeness (QED) is 0.0261. The predicted octanol–water partition coefficient (Wildman–Crippen LogP) is 21.4. The van der Waals surface area contributed by atoms with Gasteiger partial charge in [0.1, 0.15) is 13.2 Å². The first-order valence-corrected chi connectivity index (χ1v) is 31.6. The smallest absolute Gasteiger partial charge is 0.306 e. The number of unbranched alkanes of at least 4 members (excludes halogenated alkanes) is 39. The molecule has 0 aromatic rings. The number of ether oxygens (including phenoxy) is 3. The summed E-state index contributed by atoms with van der Waals surface area (Å²) in [4.78, 5) is 38.0. The number of rotatable bonds is 58. The minimum absolute atomic E-state index is 0.0859. The molecular weight excluding hydrogens is 889 g/mol. The highest BCUT2D eigenvalue weighted by Gasteiger charge is 2.19. The number of esters is 3. The van der Waals surface area contributed by atoms with Gasteiger partial charge >= 0.3 is 17.9 Å². The first-order chi connectivity index (χ1) is 35.5. The van der Waals surface area contributed by atoms with E-state index < -0.39 is 6.10 Å². The fourth-order valence-electron chi connectivity index (χ4n) is 9.38. The van der Waals surface area contributed by atoms with Gasteiger partial charge in [0.15, 0.2) is 6.10 Å². The Kier molecular flexibility index (Phi) is 58.7. The standard InChI is InChI=1S/C66H120O6/c1-4-7-10-13-16-19-21-23-25-26-27-28-29-30-31-32-33-34-35-36-37-38-39-41-42-44-47-50-53-56-59-65(68)71-62-63(61-70-64(67)58-55-52-49-46-18-15-12-9-6-3)72-66(69)60-57-54-51-48-45-43-40-24-22-20-17-14-11-8-5-2/h8,11,17,20,24,40,45,48,63H,4-7,9-10,12-16,18-19,21-23,25-39,41-44,46-47,49-62H2,1-3H3/b11-8-,20-17-,40-24-,48-45-. The maximum absolute atomic E-state index is 12.8. The zero-order valence-corrected chi connectivity index (χ0v) is 48.2. The summed E-state index contributed by atoms with van der Waals surface area (Å²) >= 11 is 0. The van der Waals surface area contributed by atoms with Crippen LogP contribution in [-0.4, -0.2) is 37.2 Å². The van der Waals surface area contributed by atoms with Crippen molar-refractivity contribution >= 4 is 17.9 Å². The maximum atomic E-state index is 12.8. The molecule has 0 radical (unpaired) electrons. The van der Waals surface area contributed by atoms with Crippen molar-refractivity contribution in [2.45, 2.75) is 341 Å². The van der Waals surface area contributed by atoms with Crippen molar-refractivity contribution in [2.75, 3.05) is 13.2 Å². The average Bonchev–Trinajstić information content (AvgIpc) is 3.38. The Balaban J connectivity index is 4.08. The monoisotopic (exact) mass is 1010 g/mol. The van der Waals surface area contributed by atoms with Crippen LogP contribution in [0.15, 0.2) is 48.6 Å². The van der Waals surface area contributed by atoms with E-state index in [0.29, 0.717) is 19.3 Å². The Labute approximate surface area is 448 Å². The summed E-state index contributed by atoms with van der Waals surface area (Å²) in [5, 5.41) is 0. The van der Waals surface area contributed by atoms with Crippen molar-refractivity contribution in [3.63, 3.8) is 0 Å². The first-order valence-electron chi connectivity index (χ1n) is 31.6.